The monoisotopic (exact) mass is 250 g/mol. The molecule has 98 valence electrons. The maximum Gasteiger partial charge on any atom is 0.165 e. The highest BCUT2D eigenvalue weighted by molar-refractivity contribution is 5.28. The number of piperidine rings is 1. The molecule has 2 N–H and O–H groups in total. The van der Waals surface area contributed by atoms with E-state index in [-0.39, 0.29) is 5.75 Å². The quantitative estimate of drug-likeness (QED) is 0.839. The van der Waals surface area contributed by atoms with Crippen molar-refractivity contribution in [1.82, 2.24) is 10.2 Å². The molecule has 3 nitrogen and oxygen atoms in total. The lowest BCUT2D eigenvalue weighted by Gasteiger charge is -2.24. The molecular formula is C14H19FN2O. The van der Waals surface area contributed by atoms with Crippen molar-refractivity contribution in [3.05, 3.63) is 29.6 Å². The molecule has 0 amide bonds. The Morgan fingerprint density at radius 3 is 3.06 bits per heavy atom. The van der Waals surface area contributed by atoms with E-state index in [1.807, 2.05) is 0 Å². The second kappa shape index (κ2) is 4.86. The number of rotatable bonds is 2. The van der Waals surface area contributed by atoms with Crippen LogP contribution < -0.4 is 5.32 Å². The van der Waals surface area contributed by atoms with E-state index in [2.05, 4.69) is 10.2 Å². The summed E-state index contributed by atoms with van der Waals surface area (Å²) < 4.78 is 13.3. The Morgan fingerprint density at radius 1 is 1.39 bits per heavy atom. The third-order valence-corrected chi connectivity index (χ3v) is 4.09. The van der Waals surface area contributed by atoms with Gasteiger partial charge in [0.25, 0.3) is 0 Å². The van der Waals surface area contributed by atoms with Crippen molar-refractivity contribution >= 4 is 0 Å². The van der Waals surface area contributed by atoms with E-state index in [0.717, 1.165) is 37.7 Å². The summed E-state index contributed by atoms with van der Waals surface area (Å²) in [6.07, 6.45) is 2.57. The minimum Gasteiger partial charge on any atom is -0.505 e. The third kappa shape index (κ3) is 2.35. The average molecular weight is 250 g/mol. The van der Waals surface area contributed by atoms with Crippen LogP contribution in [0.1, 0.15) is 18.4 Å². The van der Waals surface area contributed by atoms with Crippen molar-refractivity contribution in [3.8, 4) is 5.75 Å². The van der Waals surface area contributed by atoms with Crippen LogP contribution in [-0.2, 0) is 6.54 Å². The molecule has 2 aliphatic heterocycles. The normalized spacial score (nSPS) is 28.3. The Kier molecular flexibility index (Phi) is 3.22. The van der Waals surface area contributed by atoms with E-state index in [1.54, 1.807) is 6.07 Å². The van der Waals surface area contributed by atoms with Gasteiger partial charge in [0.2, 0.25) is 0 Å². The fourth-order valence-electron chi connectivity index (χ4n) is 3.17. The number of aromatic hydroxyl groups is 1. The molecule has 2 aliphatic rings. The van der Waals surface area contributed by atoms with Crippen molar-refractivity contribution in [1.29, 1.82) is 0 Å². The van der Waals surface area contributed by atoms with E-state index in [9.17, 15) is 9.50 Å². The molecule has 18 heavy (non-hydrogen) atoms. The Bertz CT molecular complexity index is 424. The molecule has 0 aliphatic carbocycles. The standard InChI is InChI=1S/C14H19FN2O/c15-12-6-10(3-4-14(12)18)7-17-8-11-2-1-5-16-13(11)9-17/h3-4,6,11,13,16,18H,1-2,5,7-9H2. The second-order valence-electron chi connectivity index (χ2n) is 5.44. The minimum atomic E-state index is -0.526. The first-order valence-electron chi connectivity index (χ1n) is 6.65. The van der Waals surface area contributed by atoms with E-state index in [4.69, 9.17) is 0 Å². The summed E-state index contributed by atoms with van der Waals surface area (Å²) in [6, 6.07) is 5.28. The Balaban J connectivity index is 1.64. The van der Waals surface area contributed by atoms with Crippen LogP contribution in [-0.4, -0.2) is 35.7 Å². The van der Waals surface area contributed by atoms with Crippen molar-refractivity contribution < 1.29 is 9.50 Å². The number of hydrogen-bond donors (Lipinski definition) is 2. The van der Waals surface area contributed by atoms with Gasteiger partial charge in [-0.2, -0.15) is 0 Å². The number of halogens is 1. The van der Waals surface area contributed by atoms with Crippen molar-refractivity contribution in [2.45, 2.75) is 25.4 Å². The highest BCUT2D eigenvalue weighted by atomic mass is 19.1. The zero-order chi connectivity index (χ0) is 12.5. The van der Waals surface area contributed by atoms with Crippen LogP contribution in [0.4, 0.5) is 4.39 Å². The van der Waals surface area contributed by atoms with Gasteiger partial charge in [-0.1, -0.05) is 6.07 Å². The largest absolute Gasteiger partial charge is 0.505 e. The number of phenols is 1. The van der Waals surface area contributed by atoms with E-state index >= 15 is 0 Å². The van der Waals surface area contributed by atoms with Gasteiger partial charge in [0, 0.05) is 25.7 Å². The van der Waals surface area contributed by atoms with Crippen LogP contribution in [0, 0.1) is 11.7 Å². The maximum atomic E-state index is 13.3. The molecule has 0 radical (unpaired) electrons. The van der Waals surface area contributed by atoms with Gasteiger partial charge in [0.1, 0.15) is 0 Å². The minimum absolute atomic E-state index is 0.268. The van der Waals surface area contributed by atoms with Crippen LogP contribution in [0.25, 0.3) is 0 Å². The van der Waals surface area contributed by atoms with Gasteiger partial charge < -0.3 is 10.4 Å². The van der Waals surface area contributed by atoms with Gasteiger partial charge in [0.15, 0.2) is 11.6 Å². The van der Waals surface area contributed by atoms with Crippen molar-refractivity contribution in [3.63, 3.8) is 0 Å². The van der Waals surface area contributed by atoms with E-state index in [0.29, 0.717) is 6.04 Å². The summed E-state index contributed by atoms with van der Waals surface area (Å²) in [5.41, 5.74) is 0.934. The number of hydrogen-bond acceptors (Lipinski definition) is 3. The molecule has 1 aromatic rings. The van der Waals surface area contributed by atoms with Crippen molar-refractivity contribution in [2.24, 2.45) is 5.92 Å². The van der Waals surface area contributed by atoms with Crippen LogP contribution in [0.2, 0.25) is 0 Å². The number of benzene rings is 1. The fraction of sp³-hybridized carbons (Fsp3) is 0.571. The number of nitrogens with zero attached hydrogens (tertiary/aromatic N) is 1. The van der Waals surface area contributed by atoms with Gasteiger partial charge in [0.05, 0.1) is 0 Å². The molecule has 0 bridgehead atoms. The molecule has 2 fully saturated rings. The molecule has 3 rings (SSSR count). The number of phenolic OH excluding ortho intramolecular Hbond substituents is 1. The molecule has 0 aromatic heterocycles. The van der Waals surface area contributed by atoms with Gasteiger partial charge >= 0.3 is 0 Å². The van der Waals surface area contributed by atoms with Crippen LogP contribution in [0.3, 0.4) is 0 Å². The number of likely N-dealkylation sites (tertiary alicyclic amines) is 1. The van der Waals surface area contributed by atoms with Crippen LogP contribution in [0.15, 0.2) is 18.2 Å². The molecule has 2 unspecified atom stereocenters. The van der Waals surface area contributed by atoms with E-state index in [1.165, 1.54) is 25.0 Å². The first-order chi connectivity index (χ1) is 8.72. The summed E-state index contributed by atoms with van der Waals surface area (Å²) >= 11 is 0. The van der Waals surface area contributed by atoms with Crippen LogP contribution >= 0.6 is 0 Å². The van der Waals surface area contributed by atoms with Gasteiger partial charge in [-0.05, 0) is 43.0 Å². The highest BCUT2D eigenvalue weighted by Crippen LogP contribution is 2.26. The van der Waals surface area contributed by atoms with Crippen LogP contribution in [0.5, 0.6) is 5.75 Å². The Hall–Kier alpha value is -1.13. The fourth-order valence-corrected chi connectivity index (χ4v) is 3.17. The third-order valence-electron chi connectivity index (χ3n) is 4.09. The lowest BCUT2D eigenvalue weighted by atomic mass is 9.94. The lowest BCUT2D eigenvalue weighted by Crippen LogP contribution is -2.40. The molecular weight excluding hydrogens is 231 g/mol. The number of fused-ring (bicyclic) bond motifs is 1. The summed E-state index contributed by atoms with van der Waals surface area (Å²) in [4.78, 5) is 2.37. The lowest BCUT2D eigenvalue weighted by molar-refractivity contribution is 0.312. The zero-order valence-corrected chi connectivity index (χ0v) is 10.4. The predicted molar refractivity (Wildman–Crippen MR) is 67.9 cm³/mol. The first kappa shape index (κ1) is 11.9. The molecule has 2 heterocycles. The maximum absolute atomic E-state index is 13.3. The highest BCUT2D eigenvalue weighted by Gasteiger charge is 2.33. The molecule has 0 spiro atoms. The summed E-state index contributed by atoms with van der Waals surface area (Å²) in [5, 5.41) is 12.7. The number of nitrogens with one attached hydrogen (secondary N) is 1. The topological polar surface area (TPSA) is 35.5 Å². The van der Waals surface area contributed by atoms with Gasteiger partial charge in [-0.3, -0.25) is 4.90 Å². The average Bonchev–Trinajstić information content (AvgIpc) is 2.76. The Labute approximate surface area is 107 Å². The summed E-state index contributed by atoms with van der Waals surface area (Å²) in [5.74, 6) is -0.0431. The SMILES string of the molecule is Oc1ccc(CN2CC3CCCNC3C2)cc1F. The second-order valence-corrected chi connectivity index (χ2v) is 5.44. The van der Waals surface area contributed by atoms with Gasteiger partial charge in [-0.25, -0.2) is 4.39 Å². The van der Waals surface area contributed by atoms with Crippen molar-refractivity contribution in [2.75, 3.05) is 19.6 Å². The molecule has 2 saturated heterocycles. The predicted octanol–water partition coefficient (Wildman–Crippen LogP) is 1.72. The molecule has 4 heteroatoms. The first-order valence-corrected chi connectivity index (χ1v) is 6.65. The summed E-state index contributed by atoms with van der Waals surface area (Å²) in [7, 11) is 0. The van der Waals surface area contributed by atoms with E-state index < -0.39 is 5.82 Å². The smallest absolute Gasteiger partial charge is 0.165 e. The molecule has 2 atom stereocenters. The van der Waals surface area contributed by atoms with Gasteiger partial charge in [-0.15, -0.1) is 0 Å². The zero-order valence-electron chi connectivity index (χ0n) is 10.4. The molecule has 0 saturated carbocycles. The summed E-state index contributed by atoms with van der Waals surface area (Å²) in [6.45, 7) is 4.04. The molecule has 1 aromatic carbocycles. The Morgan fingerprint density at radius 2 is 2.28 bits per heavy atom.